The Balaban J connectivity index is 0.00000128. The molecule has 0 aliphatic heterocycles. The molecule has 7 heteroatoms. The summed E-state index contributed by atoms with van der Waals surface area (Å²) in [7, 11) is 0. The Bertz CT molecular complexity index is 499. The normalized spacial score (nSPS) is 12.1. The summed E-state index contributed by atoms with van der Waals surface area (Å²) in [5, 5.41) is 16.4. The van der Waals surface area contributed by atoms with Gasteiger partial charge < -0.3 is 10.8 Å². The topological polar surface area (TPSA) is 94.0 Å². The van der Waals surface area contributed by atoms with Crippen molar-refractivity contribution in [1.82, 2.24) is 15.0 Å². The molecule has 0 aliphatic carbocycles. The summed E-state index contributed by atoms with van der Waals surface area (Å²) < 4.78 is 1.49. The number of hydrogen-bond acceptors (Lipinski definition) is 4. The second-order valence-electron chi connectivity index (χ2n) is 3.20. The number of halogens is 1. The molecule has 0 fully saturated rings. The summed E-state index contributed by atoms with van der Waals surface area (Å²) in [6.07, 6.45) is 0. The number of carboxylic acids is 1. The van der Waals surface area contributed by atoms with Gasteiger partial charge in [0.1, 0.15) is 11.6 Å². The van der Waals surface area contributed by atoms with Crippen LogP contribution in [-0.2, 0) is 11.3 Å². The Morgan fingerprint density at radius 2 is 2.19 bits per heavy atom. The summed E-state index contributed by atoms with van der Waals surface area (Å²) in [5.41, 5.74) is 6.93. The van der Waals surface area contributed by atoms with Crippen molar-refractivity contribution in [1.29, 1.82) is 0 Å². The van der Waals surface area contributed by atoms with Crippen LogP contribution in [0.2, 0.25) is 0 Å². The van der Waals surface area contributed by atoms with E-state index in [1.165, 1.54) is 4.68 Å². The minimum Gasteiger partial charge on any atom is -0.480 e. The maximum atomic E-state index is 10.6. The number of nitrogens with two attached hydrogens (primary N) is 1. The number of hydrogen-bond donors (Lipinski definition) is 2. The van der Waals surface area contributed by atoms with Crippen LogP contribution < -0.4 is 5.73 Å². The third kappa shape index (κ3) is 2.29. The SMILES string of the molecule is Cl.NC(Cn1nnc2ccccc21)C(=O)O. The second kappa shape index (κ2) is 4.91. The lowest BCUT2D eigenvalue weighted by molar-refractivity contribution is -0.138. The Labute approximate surface area is 97.5 Å². The van der Waals surface area contributed by atoms with E-state index in [0.29, 0.717) is 0 Å². The van der Waals surface area contributed by atoms with Crippen LogP contribution in [0.5, 0.6) is 0 Å². The first-order chi connectivity index (χ1) is 7.18. The lowest BCUT2D eigenvalue weighted by Crippen LogP contribution is -2.34. The van der Waals surface area contributed by atoms with Crippen molar-refractivity contribution in [2.75, 3.05) is 0 Å². The summed E-state index contributed by atoms with van der Waals surface area (Å²) in [6.45, 7) is 0.121. The molecule has 0 bridgehead atoms. The standard InChI is InChI=1S/C9H10N4O2.ClH/c10-6(9(14)15)5-13-8-4-2-1-3-7(8)11-12-13;/h1-4,6H,5,10H2,(H,14,15);1H. The average molecular weight is 243 g/mol. The molecule has 86 valence electrons. The summed E-state index contributed by atoms with van der Waals surface area (Å²) >= 11 is 0. The number of carbonyl (C=O) groups is 1. The zero-order valence-corrected chi connectivity index (χ0v) is 9.09. The molecule has 0 saturated carbocycles. The molecule has 0 spiro atoms. The minimum absolute atomic E-state index is 0. The molecule has 2 rings (SSSR count). The highest BCUT2D eigenvalue weighted by Crippen LogP contribution is 2.09. The van der Waals surface area contributed by atoms with E-state index in [0.717, 1.165) is 11.0 Å². The Hall–Kier alpha value is -1.66. The second-order valence-corrected chi connectivity index (χ2v) is 3.20. The van der Waals surface area contributed by atoms with Crippen LogP contribution >= 0.6 is 12.4 Å². The van der Waals surface area contributed by atoms with E-state index in [2.05, 4.69) is 10.3 Å². The van der Waals surface area contributed by atoms with Gasteiger partial charge in [-0.3, -0.25) is 4.79 Å². The molecule has 0 saturated heterocycles. The highest BCUT2D eigenvalue weighted by Gasteiger charge is 2.14. The van der Waals surface area contributed by atoms with Crippen LogP contribution in [-0.4, -0.2) is 32.1 Å². The van der Waals surface area contributed by atoms with Gasteiger partial charge in [-0.15, -0.1) is 17.5 Å². The van der Waals surface area contributed by atoms with Crippen molar-refractivity contribution < 1.29 is 9.90 Å². The molecule has 0 aliphatic rings. The predicted molar refractivity (Wildman–Crippen MR) is 60.4 cm³/mol. The van der Waals surface area contributed by atoms with E-state index in [1.54, 1.807) is 0 Å². The molecule has 2 aromatic rings. The van der Waals surface area contributed by atoms with Gasteiger partial charge in [0.15, 0.2) is 0 Å². The number of carboxylic acid groups (broad SMARTS) is 1. The van der Waals surface area contributed by atoms with E-state index < -0.39 is 12.0 Å². The van der Waals surface area contributed by atoms with E-state index in [4.69, 9.17) is 10.8 Å². The molecular formula is C9H11ClN4O2. The summed E-state index contributed by atoms with van der Waals surface area (Å²) in [6, 6.07) is 6.36. The van der Waals surface area contributed by atoms with Crippen LogP contribution in [0, 0.1) is 0 Å². The van der Waals surface area contributed by atoms with Gasteiger partial charge in [-0.25, -0.2) is 4.68 Å². The molecule has 0 amide bonds. The van der Waals surface area contributed by atoms with Crippen molar-refractivity contribution in [3.8, 4) is 0 Å². The van der Waals surface area contributed by atoms with Gasteiger partial charge in [-0.05, 0) is 12.1 Å². The third-order valence-electron chi connectivity index (χ3n) is 2.11. The summed E-state index contributed by atoms with van der Waals surface area (Å²) in [4.78, 5) is 10.6. The molecule has 1 aromatic carbocycles. The van der Waals surface area contributed by atoms with Crippen LogP contribution in [0.1, 0.15) is 0 Å². The van der Waals surface area contributed by atoms with Crippen molar-refractivity contribution >= 4 is 29.4 Å². The van der Waals surface area contributed by atoms with Crippen LogP contribution in [0.25, 0.3) is 11.0 Å². The zero-order chi connectivity index (χ0) is 10.8. The Morgan fingerprint density at radius 1 is 1.50 bits per heavy atom. The zero-order valence-electron chi connectivity index (χ0n) is 8.28. The first-order valence-corrected chi connectivity index (χ1v) is 4.45. The Morgan fingerprint density at radius 3 is 2.88 bits per heavy atom. The molecule has 1 heterocycles. The smallest absolute Gasteiger partial charge is 0.322 e. The van der Waals surface area contributed by atoms with Gasteiger partial charge >= 0.3 is 5.97 Å². The number of fused-ring (bicyclic) bond motifs is 1. The van der Waals surface area contributed by atoms with Crippen molar-refractivity contribution in [3.63, 3.8) is 0 Å². The first kappa shape index (κ1) is 12.4. The largest absolute Gasteiger partial charge is 0.480 e. The molecular weight excluding hydrogens is 232 g/mol. The van der Waals surface area contributed by atoms with Crippen molar-refractivity contribution in [2.45, 2.75) is 12.6 Å². The lowest BCUT2D eigenvalue weighted by atomic mass is 10.3. The molecule has 1 aromatic heterocycles. The highest BCUT2D eigenvalue weighted by atomic mass is 35.5. The Kier molecular flexibility index (Phi) is 3.81. The average Bonchev–Trinajstić information content (AvgIpc) is 2.62. The van der Waals surface area contributed by atoms with E-state index >= 15 is 0 Å². The van der Waals surface area contributed by atoms with Gasteiger partial charge in [0.25, 0.3) is 0 Å². The van der Waals surface area contributed by atoms with Gasteiger partial charge in [-0.2, -0.15) is 0 Å². The van der Waals surface area contributed by atoms with Gasteiger partial charge in [0.05, 0.1) is 12.1 Å². The monoisotopic (exact) mass is 242 g/mol. The molecule has 3 N–H and O–H groups in total. The van der Waals surface area contributed by atoms with Gasteiger partial charge in [-0.1, -0.05) is 17.3 Å². The van der Waals surface area contributed by atoms with Crippen molar-refractivity contribution in [3.05, 3.63) is 24.3 Å². The fraction of sp³-hybridized carbons (Fsp3) is 0.222. The first-order valence-electron chi connectivity index (χ1n) is 4.45. The lowest BCUT2D eigenvalue weighted by Gasteiger charge is -2.05. The quantitative estimate of drug-likeness (QED) is 0.806. The molecule has 0 radical (unpaired) electrons. The molecule has 1 atom stereocenters. The summed E-state index contributed by atoms with van der Waals surface area (Å²) in [5.74, 6) is -1.05. The maximum Gasteiger partial charge on any atom is 0.322 e. The highest BCUT2D eigenvalue weighted by molar-refractivity contribution is 5.85. The fourth-order valence-corrected chi connectivity index (χ4v) is 1.32. The number of benzene rings is 1. The molecule has 16 heavy (non-hydrogen) atoms. The van der Waals surface area contributed by atoms with Crippen LogP contribution in [0.4, 0.5) is 0 Å². The number of rotatable bonds is 3. The predicted octanol–water partition coefficient (Wildman–Crippen LogP) is 0.265. The number of para-hydroxylation sites is 1. The van der Waals surface area contributed by atoms with Gasteiger partial charge in [0, 0.05) is 0 Å². The van der Waals surface area contributed by atoms with Crippen molar-refractivity contribution in [2.24, 2.45) is 5.73 Å². The van der Waals surface area contributed by atoms with E-state index in [-0.39, 0.29) is 19.0 Å². The number of nitrogens with zero attached hydrogens (tertiary/aromatic N) is 3. The molecule has 1 unspecified atom stereocenters. The minimum atomic E-state index is -1.05. The van der Waals surface area contributed by atoms with Crippen LogP contribution in [0.3, 0.4) is 0 Å². The fourth-order valence-electron chi connectivity index (χ4n) is 1.32. The van der Waals surface area contributed by atoms with E-state index in [9.17, 15) is 4.79 Å². The third-order valence-corrected chi connectivity index (χ3v) is 2.11. The van der Waals surface area contributed by atoms with Gasteiger partial charge in [0.2, 0.25) is 0 Å². The number of aromatic nitrogens is 3. The van der Waals surface area contributed by atoms with Crippen LogP contribution in [0.15, 0.2) is 24.3 Å². The van der Waals surface area contributed by atoms with E-state index in [1.807, 2.05) is 24.3 Å². The number of aliphatic carboxylic acids is 1. The molecule has 6 nitrogen and oxygen atoms in total. The maximum absolute atomic E-state index is 10.6.